The molecule has 0 fully saturated rings. The molecule has 0 unspecified atom stereocenters. The maximum absolute atomic E-state index is 12.2. The summed E-state index contributed by atoms with van der Waals surface area (Å²) in [5, 5.41) is 0.287. The summed E-state index contributed by atoms with van der Waals surface area (Å²) in [5.41, 5.74) is 7.44. The molecule has 21 heavy (non-hydrogen) atoms. The fourth-order valence-corrected chi connectivity index (χ4v) is 2.97. The Morgan fingerprint density at radius 2 is 2.00 bits per heavy atom. The van der Waals surface area contributed by atoms with Gasteiger partial charge in [0, 0.05) is 18.8 Å². The van der Waals surface area contributed by atoms with Crippen molar-refractivity contribution < 1.29 is 8.42 Å². The van der Waals surface area contributed by atoms with Crippen molar-refractivity contribution in [3.05, 3.63) is 58.9 Å². The number of benzene rings is 1. The Hall–Kier alpha value is -1.47. The lowest BCUT2D eigenvalue weighted by Crippen LogP contribution is -2.32. The van der Waals surface area contributed by atoms with Crippen molar-refractivity contribution in [2.45, 2.75) is 17.9 Å². The van der Waals surface area contributed by atoms with E-state index in [-0.39, 0.29) is 16.6 Å². The molecule has 7 heteroatoms. The number of sulfonamides is 1. The summed E-state index contributed by atoms with van der Waals surface area (Å²) < 4.78 is 26.8. The zero-order valence-electron chi connectivity index (χ0n) is 11.5. The molecule has 0 spiro atoms. The van der Waals surface area contributed by atoms with Crippen LogP contribution in [0.5, 0.6) is 0 Å². The molecule has 0 amide bonds. The molecule has 0 bridgehead atoms. The number of aromatic nitrogens is 1. The van der Waals surface area contributed by atoms with Gasteiger partial charge in [0.1, 0.15) is 10.0 Å². The maximum atomic E-state index is 12.2. The SMILES string of the molecule is Cc1cc(S(=O)(=O)NC[C@@H](N)c2ccccc2)cnc1Cl. The van der Waals surface area contributed by atoms with Crippen molar-refractivity contribution in [3.63, 3.8) is 0 Å². The molecular formula is C14H16ClN3O2S. The molecule has 112 valence electrons. The summed E-state index contributed by atoms with van der Waals surface area (Å²) >= 11 is 5.79. The van der Waals surface area contributed by atoms with E-state index in [0.29, 0.717) is 5.56 Å². The summed E-state index contributed by atoms with van der Waals surface area (Å²) in [6.07, 6.45) is 1.23. The molecule has 2 rings (SSSR count). The van der Waals surface area contributed by atoms with Gasteiger partial charge in [0.15, 0.2) is 0 Å². The Bertz CT molecular complexity index is 720. The van der Waals surface area contributed by atoms with E-state index in [1.54, 1.807) is 6.92 Å². The first-order chi connectivity index (χ1) is 9.90. The van der Waals surface area contributed by atoms with E-state index in [1.165, 1.54) is 12.3 Å². The quantitative estimate of drug-likeness (QED) is 0.824. The van der Waals surface area contributed by atoms with Crippen molar-refractivity contribution in [2.75, 3.05) is 6.54 Å². The zero-order valence-corrected chi connectivity index (χ0v) is 13.0. The number of nitrogens with zero attached hydrogens (tertiary/aromatic N) is 1. The van der Waals surface area contributed by atoms with Crippen molar-refractivity contribution in [3.8, 4) is 0 Å². The third-order valence-electron chi connectivity index (χ3n) is 3.02. The fraction of sp³-hybridized carbons (Fsp3) is 0.214. The predicted octanol–water partition coefficient (Wildman–Crippen LogP) is 2.02. The summed E-state index contributed by atoms with van der Waals surface area (Å²) in [6.45, 7) is 1.80. The Morgan fingerprint density at radius 1 is 1.33 bits per heavy atom. The maximum Gasteiger partial charge on any atom is 0.242 e. The second kappa shape index (κ2) is 6.53. The van der Waals surface area contributed by atoms with Crippen LogP contribution in [0.15, 0.2) is 47.5 Å². The van der Waals surface area contributed by atoms with E-state index in [4.69, 9.17) is 17.3 Å². The van der Waals surface area contributed by atoms with Crippen molar-refractivity contribution >= 4 is 21.6 Å². The Balaban J connectivity index is 2.09. The third kappa shape index (κ3) is 4.01. The van der Waals surface area contributed by atoms with Crippen LogP contribution in [0.4, 0.5) is 0 Å². The average Bonchev–Trinajstić information content (AvgIpc) is 2.48. The van der Waals surface area contributed by atoms with Crippen molar-refractivity contribution in [1.82, 2.24) is 9.71 Å². The third-order valence-corrected chi connectivity index (χ3v) is 4.81. The topological polar surface area (TPSA) is 85.1 Å². The highest BCUT2D eigenvalue weighted by Crippen LogP contribution is 2.17. The van der Waals surface area contributed by atoms with E-state index < -0.39 is 16.1 Å². The van der Waals surface area contributed by atoms with Crippen LogP contribution in [0, 0.1) is 6.92 Å². The van der Waals surface area contributed by atoms with E-state index in [2.05, 4.69) is 9.71 Å². The second-order valence-corrected chi connectivity index (χ2v) is 6.77. The first-order valence-corrected chi connectivity index (χ1v) is 8.18. The number of nitrogens with two attached hydrogens (primary N) is 1. The minimum absolute atomic E-state index is 0.0738. The largest absolute Gasteiger partial charge is 0.323 e. The molecule has 0 saturated heterocycles. The van der Waals surface area contributed by atoms with Crippen LogP contribution >= 0.6 is 11.6 Å². The molecule has 0 aliphatic heterocycles. The molecule has 3 N–H and O–H groups in total. The number of halogens is 1. The first kappa shape index (κ1) is 15.9. The van der Waals surface area contributed by atoms with Gasteiger partial charge in [0.25, 0.3) is 0 Å². The number of hydrogen-bond donors (Lipinski definition) is 2. The van der Waals surface area contributed by atoms with Gasteiger partial charge >= 0.3 is 0 Å². The predicted molar refractivity (Wildman–Crippen MR) is 82.5 cm³/mol. The van der Waals surface area contributed by atoms with Crippen LogP contribution in [0.3, 0.4) is 0 Å². The zero-order chi connectivity index (χ0) is 15.5. The first-order valence-electron chi connectivity index (χ1n) is 6.32. The van der Waals surface area contributed by atoms with E-state index in [9.17, 15) is 8.42 Å². The molecule has 0 radical (unpaired) electrons. The van der Waals surface area contributed by atoms with Gasteiger partial charge in [-0.25, -0.2) is 18.1 Å². The van der Waals surface area contributed by atoms with Crippen molar-refractivity contribution in [2.24, 2.45) is 5.73 Å². The van der Waals surface area contributed by atoms with E-state index in [1.807, 2.05) is 30.3 Å². The molecular weight excluding hydrogens is 310 g/mol. The highest BCUT2D eigenvalue weighted by atomic mass is 35.5. The minimum atomic E-state index is -3.65. The molecule has 1 heterocycles. The molecule has 5 nitrogen and oxygen atoms in total. The lowest BCUT2D eigenvalue weighted by atomic mass is 10.1. The monoisotopic (exact) mass is 325 g/mol. The number of hydrogen-bond acceptors (Lipinski definition) is 4. The summed E-state index contributed by atoms with van der Waals surface area (Å²) in [6, 6.07) is 10.4. The lowest BCUT2D eigenvalue weighted by Gasteiger charge is -2.13. The van der Waals surface area contributed by atoms with Crippen molar-refractivity contribution in [1.29, 1.82) is 0 Å². The van der Waals surface area contributed by atoms with Gasteiger partial charge in [-0.3, -0.25) is 0 Å². The fourth-order valence-electron chi connectivity index (χ4n) is 1.78. The molecule has 1 atom stereocenters. The number of aryl methyl sites for hydroxylation is 1. The summed E-state index contributed by atoms with van der Waals surface area (Å²) in [5.74, 6) is 0. The average molecular weight is 326 g/mol. The number of rotatable bonds is 5. The smallest absolute Gasteiger partial charge is 0.242 e. The van der Waals surface area contributed by atoms with Crippen LogP contribution < -0.4 is 10.5 Å². The summed E-state index contributed by atoms with van der Waals surface area (Å²) in [7, 11) is -3.65. The number of pyridine rings is 1. The van der Waals surface area contributed by atoms with Gasteiger partial charge in [-0.2, -0.15) is 0 Å². The summed E-state index contributed by atoms with van der Waals surface area (Å²) in [4.78, 5) is 3.92. The Kier molecular flexibility index (Phi) is 4.95. The van der Waals surface area contributed by atoms with Gasteiger partial charge in [0.05, 0.1) is 0 Å². The molecule has 0 aliphatic carbocycles. The molecule has 1 aromatic carbocycles. The van der Waals surface area contributed by atoms with Gasteiger partial charge in [0.2, 0.25) is 10.0 Å². The van der Waals surface area contributed by atoms with Crippen LogP contribution in [0.1, 0.15) is 17.2 Å². The van der Waals surface area contributed by atoms with Gasteiger partial charge in [-0.1, -0.05) is 41.9 Å². The molecule has 2 aromatic rings. The second-order valence-electron chi connectivity index (χ2n) is 4.65. The molecule has 0 aliphatic rings. The standard InChI is InChI=1S/C14H16ClN3O2S/c1-10-7-12(8-17-14(10)15)21(19,20)18-9-13(16)11-5-3-2-4-6-11/h2-8,13,18H,9,16H2,1H3/t13-/m1/s1. The van der Waals surface area contributed by atoms with E-state index in [0.717, 1.165) is 5.56 Å². The van der Waals surface area contributed by atoms with Crippen LogP contribution in [0.25, 0.3) is 0 Å². The Labute approximate surface area is 129 Å². The highest BCUT2D eigenvalue weighted by Gasteiger charge is 2.17. The van der Waals surface area contributed by atoms with Crippen LogP contribution in [-0.4, -0.2) is 19.9 Å². The lowest BCUT2D eigenvalue weighted by molar-refractivity contribution is 0.572. The normalized spacial score (nSPS) is 13.1. The van der Waals surface area contributed by atoms with Crippen LogP contribution in [0.2, 0.25) is 5.15 Å². The van der Waals surface area contributed by atoms with Crippen LogP contribution in [-0.2, 0) is 10.0 Å². The Morgan fingerprint density at radius 3 is 2.62 bits per heavy atom. The minimum Gasteiger partial charge on any atom is -0.323 e. The number of nitrogens with one attached hydrogen (secondary N) is 1. The van der Waals surface area contributed by atoms with Gasteiger partial charge in [-0.15, -0.1) is 0 Å². The van der Waals surface area contributed by atoms with Gasteiger partial charge < -0.3 is 5.73 Å². The molecule has 1 aromatic heterocycles. The molecule has 0 saturated carbocycles. The van der Waals surface area contributed by atoms with Gasteiger partial charge in [-0.05, 0) is 24.1 Å². The highest BCUT2D eigenvalue weighted by molar-refractivity contribution is 7.89. The van der Waals surface area contributed by atoms with E-state index >= 15 is 0 Å².